The van der Waals surface area contributed by atoms with E-state index in [1.165, 1.54) is 36.8 Å². The van der Waals surface area contributed by atoms with E-state index >= 15 is 0 Å². The zero-order chi connectivity index (χ0) is 15.3. The molecule has 19 heavy (non-hydrogen) atoms. The molecule has 0 aromatic heterocycles. The second-order valence-corrected chi connectivity index (χ2v) is 3.99. The maximum Gasteiger partial charge on any atom is 0.300 e. The molecule has 4 nitrogen and oxygen atoms in total. The fourth-order valence-corrected chi connectivity index (χ4v) is 1.61. The van der Waals surface area contributed by atoms with Crippen molar-refractivity contribution in [2.75, 3.05) is 0 Å². The lowest BCUT2D eigenvalue weighted by Gasteiger charge is -2.16. The Labute approximate surface area is 115 Å². The largest absolute Gasteiger partial charge is 0.481 e. The molecule has 108 valence electrons. The lowest BCUT2D eigenvalue weighted by Crippen LogP contribution is -1.97. The lowest BCUT2D eigenvalue weighted by molar-refractivity contribution is -0.135. The molecule has 1 rings (SSSR count). The quantitative estimate of drug-likeness (QED) is 0.758. The molecule has 0 heterocycles. The summed E-state index contributed by atoms with van der Waals surface area (Å²) in [5.41, 5.74) is 3.02. The summed E-state index contributed by atoms with van der Waals surface area (Å²) in [7, 11) is 0. The van der Waals surface area contributed by atoms with Gasteiger partial charge in [-0.25, -0.2) is 0 Å². The minimum Gasteiger partial charge on any atom is -0.481 e. The first-order valence-electron chi connectivity index (χ1n) is 6.21. The highest BCUT2D eigenvalue weighted by molar-refractivity contribution is 5.63. The van der Waals surface area contributed by atoms with Gasteiger partial charge < -0.3 is 10.2 Å². The molecule has 1 aliphatic rings. The first kappa shape index (κ1) is 19.5. The van der Waals surface area contributed by atoms with Crippen molar-refractivity contribution in [3.8, 4) is 0 Å². The van der Waals surface area contributed by atoms with Crippen LogP contribution >= 0.6 is 0 Å². The van der Waals surface area contributed by atoms with Crippen LogP contribution in [0.2, 0.25) is 0 Å². The summed E-state index contributed by atoms with van der Waals surface area (Å²) < 4.78 is 0. The van der Waals surface area contributed by atoms with E-state index in [4.69, 9.17) is 19.8 Å². The Morgan fingerprint density at radius 3 is 1.74 bits per heavy atom. The van der Waals surface area contributed by atoms with Gasteiger partial charge in [0.1, 0.15) is 0 Å². The van der Waals surface area contributed by atoms with Gasteiger partial charge in [0.15, 0.2) is 0 Å². The van der Waals surface area contributed by atoms with Crippen molar-refractivity contribution in [1.82, 2.24) is 0 Å². The standard InChI is InChI=1S/C11H16.2C2H4O2/c1-3-7-11-9-6-5-8-10(11)4-2;2*1-2(3)4/h3-4,7H,1,5-6,8-9H2,2H3;2*1H3,(H,3,4)/b10-4-,11-7-;;. The zero-order valence-electron chi connectivity index (χ0n) is 12.0. The van der Waals surface area contributed by atoms with Crippen molar-refractivity contribution in [3.63, 3.8) is 0 Å². The fourth-order valence-electron chi connectivity index (χ4n) is 1.61. The van der Waals surface area contributed by atoms with Crippen LogP contribution in [0.4, 0.5) is 0 Å². The third kappa shape index (κ3) is 16.2. The van der Waals surface area contributed by atoms with Gasteiger partial charge >= 0.3 is 0 Å². The van der Waals surface area contributed by atoms with E-state index in [0.29, 0.717) is 0 Å². The zero-order valence-corrected chi connectivity index (χ0v) is 12.0. The summed E-state index contributed by atoms with van der Waals surface area (Å²) in [6.45, 7) is 8.01. The smallest absolute Gasteiger partial charge is 0.300 e. The van der Waals surface area contributed by atoms with Gasteiger partial charge in [0.05, 0.1) is 0 Å². The molecule has 0 amide bonds. The summed E-state index contributed by atoms with van der Waals surface area (Å²) in [4.78, 5) is 18.0. The molecular formula is C15H24O4. The van der Waals surface area contributed by atoms with E-state index in [0.717, 1.165) is 13.8 Å². The van der Waals surface area contributed by atoms with E-state index in [2.05, 4.69) is 25.7 Å². The molecule has 0 bridgehead atoms. The third-order valence-electron chi connectivity index (χ3n) is 2.22. The Kier molecular flexibility index (Phi) is 12.9. The van der Waals surface area contributed by atoms with Crippen LogP contribution in [0.15, 0.2) is 36.0 Å². The molecule has 1 saturated carbocycles. The van der Waals surface area contributed by atoms with E-state index in [1.54, 1.807) is 0 Å². The molecule has 0 saturated heterocycles. The molecule has 2 N–H and O–H groups in total. The molecule has 4 heteroatoms. The van der Waals surface area contributed by atoms with Crippen LogP contribution in [-0.2, 0) is 9.59 Å². The predicted octanol–water partition coefficient (Wildman–Crippen LogP) is 3.80. The summed E-state index contributed by atoms with van der Waals surface area (Å²) in [6.07, 6.45) is 11.5. The number of aliphatic carboxylic acids is 2. The minimum absolute atomic E-state index is 0.833. The van der Waals surface area contributed by atoms with E-state index in [-0.39, 0.29) is 0 Å². The second kappa shape index (κ2) is 12.6. The van der Waals surface area contributed by atoms with Crippen LogP contribution < -0.4 is 0 Å². The topological polar surface area (TPSA) is 74.6 Å². The number of carbonyl (C=O) groups is 2. The first-order valence-corrected chi connectivity index (χ1v) is 6.21. The molecule has 1 aliphatic carbocycles. The maximum absolute atomic E-state index is 9.00. The Morgan fingerprint density at radius 1 is 1.05 bits per heavy atom. The maximum atomic E-state index is 9.00. The second-order valence-electron chi connectivity index (χ2n) is 3.99. The van der Waals surface area contributed by atoms with Gasteiger partial charge in [-0.3, -0.25) is 9.59 Å². The van der Waals surface area contributed by atoms with Gasteiger partial charge in [0, 0.05) is 13.8 Å². The van der Waals surface area contributed by atoms with Crippen molar-refractivity contribution in [2.24, 2.45) is 0 Å². The van der Waals surface area contributed by atoms with E-state index < -0.39 is 11.9 Å². The summed E-state index contributed by atoms with van der Waals surface area (Å²) in [6, 6.07) is 0. The number of allylic oxidation sites excluding steroid dienone is 5. The van der Waals surface area contributed by atoms with Gasteiger partial charge in [0.25, 0.3) is 11.9 Å². The fraction of sp³-hybridized carbons (Fsp3) is 0.467. The van der Waals surface area contributed by atoms with Crippen LogP contribution in [0.1, 0.15) is 46.5 Å². The molecule has 0 spiro atoms. The van der Waals surface area contributed by atoms with Crippen LogP contribution in [0, 0.1) is 0 Å². The SMILES string of the molecule is C=C/C=C1/CCCC/C1=C/C.CC(=O)O.CC(=O)O. The highest BCUT2D eigenvalue weighted by Crippen LogP contribution is 2.28. The summed E-state index contributed by atoms with van der Waals surface area (Å²) >= 11 is 0. The van der Waals surface area contributed by atoms with Gasteiger partial charge in [-0.2, -0.15) is 0 Å². The number of carboxylic acid groups (broad SMARTS) is 2. The van der Waals surface area contributed by atoms with Crippen molar-refractivity contribution in [3.05, 3.63) is 36.0 Å². The lowest BCUT2D eigenvalue weighted by atomic mass is 9.89. The highest BCUT2D eigenvalue weighted by atomic mass is 16.4. The number of hydrogen-bond acceptors (Lipinski definition) is 2. The van der Waals surface area contributed by atoms with E-state index in [1.807, 2.05) is 6.08 Å². The molecule has 0 atom stereocenters. The van der Waals surface area contributed by atoms with Crippen molar-refractivity contribution >= 4 is 11.9 Å². The molecular weight excluding hydrogens is 244 g/mol. The average Bonchev–Trinajstić information content (AvgIpc) is 2.28. The number of rotatable bonds is 1. The van der Waals surface area contributed by atoms with Crippen molar-refractivity contribution in [2.45, 2.75) is 46.5 Å². The predicted molar refractivity (Wildman–Crippen MR) is 77.1 cm³/mol. The van der Waals surface area contributed by atoms with Gasteiger partial charge in [-0.05, 0) is 43.8 Å². The van der Waals surface area contributed by atoms with Crippen molar-refractivity contribution < 1.29 is 19.8 Å². The first-order chi connectivity index (χ1) is 8.84. The van der Waals surface area contributed by atoms with Gasteiger partial charge in [-0.1, -0.05) is 24.8 Å². The Hall–Kier alpha value is -1.84. The average molecular weight is 268 g/mol. The normalized spacial score (nSPS) is 17.6. The van der Waals surface area contributed by atoms with Crippen LogP contribution in [-0.4, -0.2) is 22.2 Å². The molecule has 0 unspecified atom stereocenters. The van der Waals surface area contributed by atoms with Gasteiger partial charge in [-0.15, -0.1) is 0 Å². The Morgan fingerprint density at radius 2 is 1.42 bits per heavy atom. The molecule has 1 fully saturated rings. The summed E-state index contributed by atoms with van der Waals surface area (Å²) in [5, 5.41) is 14.8. The Balaban J connectivity index is 0. The van der Waals surface area contributed by atoms with E-state index in [9.17, 15) is 0 Å². The third-order valence-corrected chi connectivity index (χ3v) is 2.22. The monoisotopic (exact) mass is 268 g/mol. The van der Waals surface area contributed by atoms with Crippen LogP contribution in [0.25, 0.3) is 0 Å². The molecule has 0 aromatic rings. The Bertz CT molecular complexity index is 331. The van der Waals surface area contributed by atoms with Gasteiger partial charge in [0.2, 0.25) is 0 Å². The van der Waals surface area contributed by atoms with Crippen LogP contribution in [0.5, 0.6) is 0 Å². The highest BCUT2D eigenvalue weighted by Gasteiger charge is 2.08. The molecule has 0 aliphatic heterocycles. The molecule has 0 radical (unpaired) electrons. The summed E-state index contributed by atoms with van der Waals surface area (Å²) in [5.74, 6) is -1.67. The van der Waals surface area contributed by atoms with Crippen LogP contribution in [0.3, 0.4) is 0 Å². The minimum atomic E-state index is -0.833. The number of carboxylic acids is 2. The molecule has 0 aromatic carbocycles. The van der Waals surface area contributed by atoms with Crippen molar-refractivity contribution in [1.29, 1.82) is 0 Å². The number of hydrogen-bond donors (Lipinski definition) is 2.